The highest BCUT2D eigenvalue weighted by Crippen LogP contribution is 2.54. The van der Waals surface area contributed by atoms with Gasteiger partial charge < -0.3 is 20.1 Å². The molecule has 0 amide bonds. The van der Waals surface area contributed by atoms with Crippen LogP contribution in [0.15, 0.2) is 48.6 Å². The van der Waals surface area contributed by atoms with Gasteiger partial charge in [0.1, 0.15) is 0 Å². The molecule has 5 rings (SSSR count). The quantitative estimate of drug-likeness (QED) is 0.367. The Kier molecular flexibility index (Phi) is 8.44. The van der Waals surface area contributed by atoms with Crippen LogP contribution in [0, 0.1) is 18.8 Å². The van der Waals surface area contributed by atoms with Crippen LogP contribution in [0.2, 0.25) is 0 Å². The molecule has 2 aromatic carbocycles. The van der Waals surface area contributed by atoms with E-state index in [0.29, 0.717) is 12.0 Å². The molecule has 1 saturated carbocycles. The summed E-state index contributed by atoms with van der Waals surface area (Å²) in [5, 5.41) is 29.9. The number of phenolic OH excluding ortho intramolecular Hbond substituents is 2. The van der Waals surface area contributed by atoms with Crippen molar-refractivity contribution in [2.24, 2.45) is 11.8 Å². The predicted octanol–water partition coefficient (Wildman–Crippen LogP) is 5.48. The van der Waals surface area contributed by atoms with E-state index < -0.39 is 0 Å². The Balaban J connectivity index is 0.000000286. The highest BCUT2D eigenvalue weighted by atomic mass is 16.5. The van der Waals surface area contributed by atoms with Gasteiger partial charge in [0, 0.05) is 36.6 Å². The van der Waals surface area contributed by atoms with E-state index in [-0.39, 0.29) is 29.6 Å². The van der Waals surface area contributed by atoms with Crippen molar-refractivity contribution in [3.63, 3.8) is 0 Å². The van der Waals surface area contributed by atoms with Gasteiger partial charge in [0.25, 0.3) is 0 Å². The summed E-state index contributed by atoms with van der Waals surface area (Å²) in [4.78, 5) is 2.64. The highest BCUT2D eigenvalue weighted by Gasteiger charge is 2.52. The van der Waals surface area contributed by atoms with Crippen molar-refractivity contribution < 1.29 is 20.1 Å². The van der Waals surface area contributed by atoms with Gasteiger partial charge in [0.2, 0.25) is 0 Å². The van der Waals surface area contributed by atoms with Gasteiger partial charge in [0.05, 0.1) is 12.7 Å². The van der Waals surface area contributed by atoms with Gasteiger partial charge in [-0.05, 0) is 75.6 Å². The Hall–Kier alpha value is -2.34. The van der Waals surface area contributed by atoms with E-state index in [1.807, 2.05) is 37.3 Å². The highest BCUT2D eigenvalue weighted by molar-refractivity contribution is 5.54. The number of aliphatic hydroxyl groups is 1. The van der Waals surface area contributed by atoms with E-state index in [4.69, 9.17) is 9.84 Å². The Morgan fingerprint density at radius 1 is 1.06 bits per heavy atom. The minimum atomic E-state index is -0.191. The van der Waals surface area contributed by atoms with E-state index in [2.05, 4.69) is 30.9 Å². The number of benzene rings is 2. The number of phenols is 2. The fourth-order valence-corrected chi connectivity index (χ4v) is 6.27. The number of hydrogen-bond donors (Lipinski definition) is 3. The molecule has 4 unspecified atom stereocenters. The molecule has 3 N–H and O–H groups in total. The number of aromatic hydroxyl groups is 2. The van der Waals surface area contributed by atoms with Crippen molar-refractivity contribution in [1.82, 2.24) is 4.90 Å². The lowest BCUT2D eigenvalue weighted by Crippen LogP contribution is -2.57. The predicted molar refractivity (Wildman–Crippen MR) is 144 cm³/mol. The number of likely N-dealkylation sites (tertiary alicyclic amines) is 1. The van der Waals surface area contributed by atoms with Crippen LogP contribution in [-0.4, -0.2) is 52.6 Å². The number of ether oxygens (including phenoxy) is 1. The summed E-state index contributed by atoms with van der Waals surface area (Å²) in [7, 11) is 1.76. The van der Waals surface area contributed by atoms with Crippen LogP contribution in [-0.2, 0) is 23.2 Å². The lowest BCUT2D eigenvalue weighted by molar-refractivity contribution is 0.00993. The molecule has 0 spiro atoms. The largest absolute Gasteiger partial charge is 0.504 e. The van der Waals surface area contributed by atoms with Crippen molar-refractivity contribution in [3.8, 4) is 11.5 Å². The number of nitrogens with zero attached hydrogens (tertiary/aromatic N) is 1. The molecule has 1 aliphatic heterocycles. The first kappa shape index (κ1) is 26.7. The number of hydrogen-bond acceptors (Lipinski definition) is 5. The number of methoxy groups -OCH3 is 1. The maximum atomic E-state index is 10.9. The molecule has 2 aromatic rings. The molecule has 0 aromatic heterocycles. The van der Waals surface area contributed by atoms with Crippen LogP contribution >= 0.6 is 0 Å². The summed E-state index contributed by atoms with van der Waals surface area (Å²) in [6, 6.07) is 11.9. The first-order valence-corrected chi connectivity index (χ1v) is 13.5. The standard InChI is InChI=1S/C23H33NO3.C8H10O/c1-4-17-7-10-20(25)22(26)21(17)23-11-12-24(14-16-5-6-16)15(2)19(23)9-8-18(13-23)27-3;1-7-2-4-8(6-9)5-3-7/h7-10,15-16,18-19,25-26H,4-6,11-14H2,1-3H3;2-5,9H,6H2,1H3. The Labute approximate surface area is 216 Å². The Bertz CT molecular complexity index is 1050. The molecule has 1 saturated heterocycles. The number of fused-ring (bicyclic) bond motifs is 1. The fourth-order valence-electron chi connectivity index (χ4n) is 6.27. The summed E-state index contributed by atoms with van der Waals surface area (Å²) in [5.74, 6) is 1.26. The lowest BCUT2D eigenvalue weighted by Gasteiger charge is -2.54. The Morgan fingerprint density at radius 3 is 2.39 bits per heavy atom. The molecule has 4 atom stereocenters. The monoisotopic (exact) mass is 493 g/mol. The lowest BCUT2D eigenvalue weighted by atomic mass is 9.57. The molecule has 196 valence electrons. The topological polar surface area (TPSA) is 73.2 Å². The maximum absolute atomic E-state index is 10.9. The van der Waals surface area contributed by atoms with Crippen LogP contribution in [0.5, 0.6) is 11.5 Å². The summed E-state index contributed by atoms with van der Waals surface area (Å²) >= 11 is 0. The molecule has 0 bridgehead atoms. The SMILES string of the molecule is CCc1ccc(O)c(O)c1C12CCN(CC3CC3)C(C)C1C=CC(OC)C2.Cc1ccc(CO)cc1. The summed E-state index contributed by atoms with van der Waals surface area (Å²) in [6.07, 6.45) is 10.0. The van der Waals surface area contributed by atoms with Gasteiger partial charge >= 0.3 is 0 Å². The van der Waals surface area contributed by atoms with E-state index in [0.717, 1.165) is 48.4 Å². The van der Waals surface area contributed by atoms with Crippen LogP contribution in [0.4, 0.5) is 0 Å². The maximum Gasteiger partial charge on any atom is 0.161 e. The van der Waals surface area contributed by atoms with Gasteiger partial charge in [-0.1, -0.05) is 55.0 Å². The molecule has 2 fully saturated rings. The molecule has 0 radical (unpaired) electrons. The molecule has 3 aliphatic rings. The van der Waals surface area contributed by atoms with Gasteiger partial charge in [-0.3, -0.25) is 4.90 Å². The zero-order valence-corrected chi connectivity index (χ0v) is 22.3. The first-order chi connectivity index (χ1) is 17.3. The average Bonchev–Trinajstić information content (AvgIpc) is 3.72. The zero-order valence-electron chi connectivity index (χ0n) is 22.3. The third-order valence-corrected chi connectivity index (χ3v) is 8.59. The zero-order chi connectivity index (χ0) is 25.9. The smallest absolute Gasteiger partial charge is 0.161 e. The van der Waals surface area contributed by atoms with Crippen LogP contribution in [0.1, 0.15) is 61.8 Å². The second-order valence-electron chi connectivity index (χ2n) is 10.9. The Morgan fingerprint density at radius 2 is 1.78 bits per heavy atom. The average molecular weight is 494 g/mol. The van der Waals surface area contributed by atoms with Gasteiger partial charge in [0.15, 0.2) is 11.5 Å². The fraction of sp³-hybridized carbons (Fsp3) is 0.548. The number of piperidine rings is 1. The van der Waals surface area contributed by atoms with E-state index in [9.17, 15) is 10.2 Å². The second kappa shape index (κ2) is 11.4. The normalized spacial score (nSPS) is 27.8. The van der Waals surface area contributed by atoms with Crippen molar-refractivity contribution in [2.75, 3.05) is 20.2 Å². The third-order valence-electron chi connectivity index (χ3n) is 8.59. The molecule has 5 heteroatoms. The van der Waals surface area contributed by atoms with Crippen LogP contribution in [0.3, 0.4) is 0 Å². The summed E-state index contributed by atoms with van der Waals surface area (Å²) in [5.41, 5.74) is 4.11. The summed E-state index contributed by atoms with van der Waals surface area (Å²) in [6.45, 7) is 8.86. The van der Waals surface area contributed by atoms with Crippen LogP contribution in [0.25, 0.3) is 0 Å². The number of rotatable bonds is 6. The van der Waals surface area contributed by atoms with Gasteiger partial charge in [-0.25, -0.2) is 0 Å². The van der Waals surface area contributed by atoms with Crippen molar-refractivity contribution >= 4 is 0 Å². The van der Waals surface area contributed by atoms with E-state index in [1.165, 1.54) is 24.9 Å². The summed E-state index contributed by atoms with van der Waals surface area (Å²) < 4.78 is 5.72. The van der Waals surface area contributed by atoms with Gasteiger partial charge in [-0.15, -0.1) is 0 Å². The number of aryl methyl sites for hydroxylation is 2. The van der Waals surface area contributed by atoms with Crippen molar-refractivity contribution in [1.29, 1.82) is 0 Å². The minimum Gasteiger partial charge on any atom is -0.504 e. The minimum absolute atomic E-state index is 0.00749. The van der Waals surface area contributed by atoms with E-state index in [1.54, 1.807) is 13.2 Å². The third kappa shape index (κ3) is 5.49. The molecule has 36 heavy (non-hydrogen) atoms. The first-order valence-electron chi connectivity index (χ1n) is 13.5. The molecular weight excluding hydrogens is 450 g/mol. The molecule has 1 heterocycles. The second-order valence-corrected chi connectivity index (χ2v) is 10.9. The molecular formula is C31H43NO4. The van der Waals surface area contributed by atoms with Crippen molar-refractivity contribution in [3.05, 3.63) is 70.8 Å². The molecule has 5 nitrogen and oxygen atoms in total. The van der Waals surface area contributed by atoms with E-state index >= 15 is 0 Å². The van der Waals surface area contributed by atoms with Gasteiger partial charge in [-0.2, -0.15) is 0 Å². The molecule has 2 aliphatic carbocycles. The number of aliphatic hydroxyl groups excluding tert-OH is 1. The van der Waals surface area contributed by atoms with Crippen molar-refractivity contribution in [2.45, 2.75) is 77.0 Å². The van der Waals surface area contributed by atoms with Crippen LogP contribution < -0.4 is 0 Å².